The number of hydrogen-bond acceptors (Lipinski definition) is 5. The Kier molecular flexibility index (Phi) is 8.18. The Bertz CT molecular complexity index is 734. The second-order valence-electron chi connectivity index (χ2n) is 7.12. The summed E-state index contributed by atoms with van der Waals surface area (Å²) < 4.78 is 15.4. The van der Waals surface area contributed by atoms with Crippen LogP contribution in [0.25, 0.3) is 6.08 Å². The van der Waals surface area contributed by atoms with Gasteiger partial charge in [-0.3, -0.25) is 4.79 Å². The zero-order valence-electron chi connectivity index (χ0n) is 16.8. The molecule has 1 aromatic carbocycles. The van der Waals surface area contributed by atoms with Crippen LogP contribution in [0.15, 0.2) is 18.2 Å². The number of ether oxygens (including phenoxy) is 3. The smallest absolute Gasteiger partial charge is 0.331 e. The van der Waals surface area contributed by atoms with Crippen molar-refractivity contribution < 1.29 is 23.8 Å². The molecule has 0 heterocycles. The Balaban J connectivity index is 1.86. The zero-order chi connectivity index (χ0) is 20.7. The predicted molar refractivity (Wildman–Crippen MR) is 109 cm³/mol. The van der Waals surface area contributed by atoms with E-state index in [1.54, 1.807) is 18.2 Å². The van der Waals surface area contributed by atoms with Gasteiger partial charge >= 0.3 is 5.97 Å². The molecule has 1 aliphatic rings. The lowest BCUT2D eigenvalue weighted by Gasteiger charge is -2.34. The quantitative estimate of drug-likeness (QED) is 0.546. The molecule has 0 radical (unpaired) electrons. The van der Waals surface area contributed by atoms with Gasteiger partial charge in [-0.1, -0.05) is 38.3 Å². The van der Waals surface area contributed by atoms with Crippen LogP contribution in [0.3, 0.4) is 0 Å². The average Bonchev–Trinajstić information content (AvgIpc) is 2.67. The Labute approximate surface area is 171 Å². The molecule has 1 aromatic rings. The van der Waals surface area contributed by atoms with E-state index in [-0.39, 0.29) is 18.6 Å². The summed E-state index contributed by atoms with van der Waals surface area (Å²) in [5.41, 5.74) is 0.647. The number of nitrogens with one attached hydrogen (secondary N) is 1. The van der Waals surface area contributed by atoms with Crippen molar-refractivity contribution in [3.8, 4) is 11.5 Å². The van der Waals surface area contributed by atoms with Gasteiger partial charge in [-0.15, -0.1) is 0 Å². The molecule has 3 unspecified atom stereocenters. The molecule has 0 spiro atoms. The van der Waals surface area contributed by atoms with Gasteiger partial charge in [0, 0.05) is 12.1 Å². The fourth-order valence-electron chi connectivity index (χ4n) is 3.42. The van der Waals surface area contributed by atoms with E-state index in [9.17, 15) is 9.59 Å². The summed E-state index contributed by atoms with van der Waals surface area (Å²) in [4.78, 5) is 24.0. The van der Waals surface area contributed by atoms with Crippen molar-refractivity contribution in [2.75, 3.05) is 20.8 Å². The van der Waals surface area contributed by atoms with Gasteiger partial charge in [-0.2, -0.15) is 0 Å². The van der Waals surface area contributed by atoms with Gasteiger partial charge < -0.3 is 19.5 Å². The Hall–Kier alpha value is -2.21. The summed E-state index contributed by atoms with van der Waals surface area (Å²) >= 11 is 6.14. The maximum Gasteiger partial charge on any atom is 0.331 e. The summed E-state index contributed by atoms with van der Waals surface area (Å²) in [5, 5.41) is 3.34. The van der Waals surface area contributed by atoms with Crippen LogP contribution in [0.2, 0.25) is 5.02 Å². The number of amides is 1. The highest BCUT2D eigenvalue weighted by molar-refractivity contribution is 6.32. The standard InChI is InChI=1S/C21H28ClNO5/c1-13-6-5-7-17(14(13)2)23-19(24)12-28-20(25)9-8-15-10-16(22)21(27-4)18(11-15)26-3/h8-11,13-14,17H,5-7,12H2,1-4H3,(H,23,24)/b9-8+. The van der Waals surface area contributed by atoms with Crippen LogP contribution >= 0.6 is 11.6 Å². The van der Waals surface area contributed by atoms with Gasteiger partial charge in [0.2, 0.25) is 0 Å². The maximum atomic E-state index is 12.1. The molecule has 0 aliphatic heterocycles. The number of carbonyl (C=O) groups is 2. The molecule has 0 bridgehead atoms. The lowest BCUT2D eigenvalue weighted by Crippen LogP contribution is -2.45. The molecule has 154 valence electrons. The van der Waals surface area contributed by atoms with Crippen LogP contribution in [0, 0.1) is 11.8 Å². The van der Waals surface area contributed by atoms with Crippen molar-refractivity contribution >= 4 is 29.6 Å². The lowest BCUT2D eigenvalue weighted by atomic mass is 9.78. The van der Waals surface area contributed by atoms with Crippen LogP contribution in [-0.4, -0.2) is 38.7 Å². The van der Waals surface area contributed by atoms with E-state index in [1.807, 2.05) is 0 Å². The van der Waals surface area contributed by atoms with Crippen molar-refractivity contribution in [3.05, 3.63) is 28.8 Å². The van der Waals surface area contributed by atoms with Gasteiger partial charge in [0.25, 0.3) is 5.91 Å². The minimum absolute atomic E-state index is 0.138. The van der Waals surface area contributed by atoms with Gasteiger partial charge in [0.15, 0.2) is 18.1 Å². The normalized spacial score (nSPS) is 22.0. The molecule has 3 atom stereocenters. The summed E-state index contributed by atoms with van der Waals surface area (Å²) in [7, 11) is 3.00. The lowest BCUT2D eigenvalue weighted by molar-refractivity contribution is -0.144. The summed E-state index contributed by atoms with van der Waals surface area (Å²) in [6.45, 7) is 4.06. The minimum atomic E-state index is -0.605. The van der Waals surface area contributed by atoms with Crippen LogP contribution in [0.1, 0.15) is 38.7 Å². The van der Waals surface area contributed by atoms with Crippen molar-refractivity contribution in [1.82, 2.24) is 5.32 Å². The minimum Gasteiger partial charge on any atom is -0.493 e. The highest BCUT2D eigenvalue weighted by atomic mass is 35.5. The van der Waals surface area contributed by atoms with Gasteiger partial charge in [0.1, 0.15) is 0 Å². The van der Waals surface area contributed by atoms with Crippen LogP contribution in [0.4, 0.5) is 0 Å². The fraction of sp³-hybridized carbons (Fsp3) is 0.524. The molecule has 2 rings (SSSR count). The number of hydrogen-bond donors (Lipinski definition) is 1. The van der Waals surface area contributed by atoms with Gasteiger partial charge in [-0.05, 0) is 42.0 Å². The first-order valence-corrected chi connectivity index (χ1v) is 9.79. The van der Waals surface area contributed by atoms with Crippen LogP contribution in [0.5, 0.6) is 11.5 Å². The van der Waals surface area contributed by atoms with E-state index in [0.29, 0.717) is 33.9 Å². The average molecular weight is 410 g/mol. The molecule has 0 aromatic heterocycles. The highest BCUT2D eigenvalue weighted by Gasteiger charge is 2.28. The van der Waals surface area contributed by atoms with Crippen molar-refractivity contribution in [2.45, 2.75) is 39.2 Å². The number of benzene rings is 1. The molecule has 1 N–H and O–H groups in total. The SMILES string of the molecule is COc1cc(/C=C/C(=O)OCC(=O)NC2CCCC(C)C2C)cc(Cl)c1OC. The Morgan fingerprint density at radius 3 is 2.64 bits per heavy atom. The highest BCUT2D eigenvalue weighted by Crippen LogP contribution is 2.36. The van der Waals surface area contributed by atoms with E-state index in [2.05, 4.69) is 19.2 Å². The Morgan fingerprint density at radius 2 is 1.96 bits per heavy atom. The van der Waals surface area contributed by atoms with Crippen molar-refractivity contribution in [3.63, 3.8) is 0 Å². The molecular weight excluding hydrogens is 382 g/mol. The molecule has 28 heavy (non-hydrogen) atoms. The molecule has 6 nitrogen and oxygen atoms in total. The second-order valence-corrected chi connectivity index (χ2v) is 7.53. The molecule has 1 fully saturated rings. The van der Waals surface area contributed by atoms with Crippen molar-refractivity contribution in [2.24, 2.45) is 11.8 Å². The monoisotopic (exact) mass is 409 g/mol. The van der Waals surface area contributed by atoms with Crippen LogP contribution < -0.4 is 14.8 Å². The first-order chi connectivity index (χ1) is 13.3. The topological polar surface area (TPSA) is 73.9 Å². The van der Waals surface area contributed by atoms with E-state index < -0.39 is 5.97 Å². The van der Waals surface area contributed by atoms with Crippen molar-refractivity contribution in [1.29, 1.82) is 0 Å². The van der Waals surface area contributed by atoms with Gasteiger partial charge in [-0.25, -0.2) is 4.79 Å². The maximum absolute atomic E-state index is 12.1. The number of esters is 1. The van der Waals surface area contributed by atoms with E-state index >= 15 is 0 Å². The van der Waals surface area contributed by atoms with E-state index in [0.717, 1.165) is 12.8 Å². The van der Waals surface area contributed by atoms with E-state index in [4.69, 9.17) is 25.8 Å². The molecule has 1 saturated carbocycles. The zero-order valence-corrected chi connectivity index (χ0v) is 17.5. The molecule has 7 heteroatoms. The van der Waals surface area contributed by atoms with E-state index in [1.165, 1.54) is 26.7 Å². The third kappa shape index (κ3) is 5.89. The molecule has 0 saturated heterocycles. The molecule has 1 aliphatic carbocycles. The third-order valence-corrected chi connectivity index (χ3v) is 5.55. The second kappa shape index (κ2) is 10.4. The molecule has 1 amide bonds. The molecular formula is C21H28ClNO5. The first-order valence-electron chi connectivity index (χ1n) is 9.41. The Morgan fingerprint density at radius 1 is 1.21 bits per heavy atom. The first kappa shape index (κ1) is 22.1. The number of methoxy groups -OCH3 is 2. The van der Waals surface area contributed by atoms with Gasteiger partial charge in [0.05, 0.1) is 19.2 Å². The van der Waals surface area contributed by atoms with Crippen LogP contribution in [-0.2, 0) is 14.3 Å². The number of rotatable bonds is 7. The summed E-state index contributed by atoms with van der Waals surface area (Å²) in [6, 6.07) is 3.47. The third-order valence-electron chi connectivity index (χ3n) is 5.27. The summed E-state index contributed by atoms with van der Waals surface area (Å²) in [5.74, 6) is 0.999. The fourth-order valence-corrected chi connectivity index (χ4v) is 3.71. The largest absolute Gasteiger partial charge is 0.493 e. The predicted octanol–water partition coefficient (Wildman–Crippen LogP) is 3.85. The number of carbonyl (C=O) groups excluding carboxylic acids is 2. The summed E-state index contributed by atoms with van der Waals surface area (Å²) in [6.07, 6.45) is 6.04. The number of halogens is 1.